The third kappa shape index (κ3) is 8.10. The summed E-state index contributed by atoms with van der Waals surface area (Å²) in [5, 5.41) is 0. The van der Waals surface area contributed by atoms with E-state index in [0.717, 1.165) is 0 Å². The van der Waals surface area contributed by atoms with E-state index in [1.807, 2.05) is 0 Å². The Bertz CT molecular complexity index is 115. The molecule has 0 radical (unpaired) electrons. The molecule has 0 aliphatic rings. The number of rotatable bonds is 7. The van der Waals surface area contributed by atoms with E-state index in [1.165, 1.54) is 44.5 Å². The van der Waals surface area contributed by atoms with Gasteiger partial charge in [0.25, 0.3) is 0 Å². The normalized spacial score (nSPS) is 9.15. The summed E-state index contributed by atoms with van der Waals surface area (Å²) in [6.07, 6.45) is 5.12. The average Bonchev–Trinajstić information content (AvgIpc) is 2.04. The van der Waals surface area contributed by atoms with Crippen molar-refractivity contribution in [1.82, 2.24) is 4.90 Å². The van der Waals surface area contributed by atoms with Gasteiger partial charge in [0.1, 0.15) is 0 Å². The fourth-order valence-electron chi connectivity index (χ4n) is 1.19. The second-order valence-corrected chi connectivity index (χ2v) is 3.43. The van der Waals surface area contributed by atoms with Gasteiger partial charge in [0.2, 0.25) is 0 Å². The first kappa shape index (κ1) is 15.2. The summed E-state index contributed by atoms with van der Waals surface area (Å²) < 4.78 is 0. The van der Waals surface area contributed by atoms with Gasteiger partial charge in [0.15, 0.2) is 0 Å². The zero-order chi connectivity index (χ0) is 9.40. The Morgan fingerprint density at radius 1 is 1.08 bits per heavy atom. The number of hydrogen-bond donors (Lipinski definition) is 0. The van der Waals surface area contributed by atoms with Gasteiger partial charge in [-0.1, -0.05) is 33.3 Å². The van der Waals surface area contributed by atoms with Crippen LogP contribution < -0.4 is 0 Å². The van der Waals surface area contributed by atoms with Crippen LogP contribution in [0.1, 0.15) is 46.5 Å². The maximum absolute atomic E-state index is 3.99. The van der Waals surface area contributed by atoms with E-state index in [-0.39, 0.29) is 11.0 Å². The van der Waals surface area contributed by atoms with Gasteiger partial charge >= 0.3 is 0 Å². The van der Waals surface area contributed by atoms with E-state index in [0.29, 0.717) is 0 Å². The van der Waals surface area contributed by atoms with E-state index in [2.05, 4.69) is 32.3 Å². The fourth-order valence-corrected chi connectivity index (χ4v) is 1.19. The second kappa shape index (κ2) is 9.84. The number of hydrogen-bond acceptors (Lipinski definition) is 1. The molecule has 80 valence electrons. The predicted molar refractivity (Wildman–Crippen MR) is 67.5 cm³/mol. The SMILES string of the molecule is C=C(C)N(CCCC)CCCC.[SiH4]. The molecule has 2 heteroatoms. The predicted octanol–water partition coefficient (Wildman–Crippen LogP) is 1.97. The van der Waals surface area contributed by atoms with Crippen molar-refractivity contribution in [3.8, 4) is 0 Å². The zero-order valence-electron chi connectivity index (χ0n) is 8.90. The number of unbranched alkanes of at least 4 members (excludes halogenated alkanes) is 2. The van der Waals surface area contributed by atoms with Crippen LogP contribution in [0, 0.1) is 0 Å². The zero-order valence-corrected chi connectivity index (χ0v) is 8.90. The fraction of sp³-hybridized carbons (Fsp3) is 0.818. The Morgan fingerprint density at radius 2 is 1.46 bits per heavy atom. The van der Waals surface area contributed by atoms with Gasteiger partial charge in [-0.05, 0) is 30.7 Å². The van der Waals surface area contributed by atoms with Crippen LogP contribution in [0.15, 0.2) is 12.3 Å². The molecule has 0 aromatic rings. The Morgan fingerprint density at radius 3 is 1.69 bits per heavy atom. The van der Waals surface area contributed by atoms with Crippen molar-refractivity contribution in [2.75, 3.05) is 13.1 Å². The number of allylic oxidation sites excluding steroid dienone is 1. The molecular formula is C11H27NSi. The van der Waals surface area contributed by atoms with Crippen LogP contribution in [0.25, 0.3) is 0 Å². The summed E-state index contributed by atoms with van der Waals surface area (Å²) in [7, 11) is 0. The van der Waals surface area contributed by atoms with Crippen molar-refractivity contribution in [1.29, 1.82) is 0 Å². The Labute approximate surface area is 88.2 Å². The van der Waals surface area contributed by atoms with Gasteiger partial charge in [0.05, 0.1) is 0 Å². The monoisotopic (exact) mass is 201 g/mol. The molecule has 0 spiro atoms. The molecule has 0 N–H and O–H groups in total. The Balaban J connectivity index is 0. The Hall–Kier alpha value is -0.243. The van der Waals surface area contributed by atoms with Crippen LogP contribution in [-0.4, -0.2) is 29.0 Å². The van der Waals surface area contributed by atoms with Crippen molar-refractivity contribution in [2.45, 2.75) is 46.5 Å². The van der Waals surface area contributed by atoms with Crippen LogP contribution in [0.4, 0.5) is 0 Å². The lowest BCUT2D eigenvalue weighted by Gasteiger charge is -2.24. The molecule has 0 amide bonds. The van der Waals surface area contributed by atoms with Crippen LogP contribution >= 0.6 is 0 Å². The third-order valence-electron chi connectivity index (χ3n) is 2.10. The van der Waals surface area contributed by atoms with Crippen LogP contribution in [0.5, 0.6) is 0 Å². The molecule has 0 atom stereocenters. The summed E-state index contributed by atoms with van der Waals surface area (Å²) in [4.78, 5) is 2.40. The molecule has 0 aromatic heterocycles. The molecule has 0 aliphatic heterocycles. The van der Waals surface area contributed by atoms with Crippen LogP contribution in [-0.2, 0) is 0 Å². The lowest BCUT2D eigenvalue weighted by atomic mass is 10.2. The molecule has 0 bridgehead atoms. The molecule has 0 saturated heterocycles. The van der Waals surface area contributed by atoms with Crippen molar-refractivity contribution in [3.63, 3.8) is 0 Å². The van der Waals surface area contributed by atoms with E-state index >= 15 is 0 Å². The van der Waals surface area contributed by atoms with E-state index in [1.54, 1.807) is 0 Å². The minimum atomic E-state index is 0. The van der Waals surface area contributed by atoms with Crippen molar-refractivity contribution >= 4 is 11.0 Å². The van der Waals surface area contributed by atoms with Gasteiger partial charge in [-0.3, -0.25) is 0 Å². The average molecular weight is 201 g/mol. The maximum Gasteiger partial charge on any atom is 0.0174 e. The van der Waals surface area contributed by atoms with Crippen LogP contribution in [0.3, 0.4) is 0 Å². The minimum absolute atomic E-state index is 0. The minimum Gasteiger partial charge on any atom is -0.376 e. The highest BCUT2D eigenvalue weighted by molar-refractivity contribution is 5.75. The molecule has 0 aromatic carbocycles. The van der Waals surface area contributed by atoms with E-state index < -0.39 is 0 Å². The first-order chi connectivity index (χ1) is 5.72. The van der Waals surface area contributed by atoms with Gasteiger partial charge < -0.3 is 4.90 Å². The van der Waals surface area contributed by atoms with Crippen LogP contribution in [0.2, 0.25) is 0 Å². The van der Waals surface area contributed by atoms with E-state index in [9.17, 15) is 0 Å². The summed E-state index contributed by atoms with van der Waals surface area (Å²) in [6.45, 7) is 12.9. The van der Waals surface area contributed by atoms with Crippen molar-refractivity contribution in [2.24, 2.45) is 0 Å². The van der Waals surface area contributed by atoms with E-state index in [4.69, 9.17) is 0 Å². The highest BCUT2D eigenvalue weighted by Crippen LogP contribution is 2.05. The first-order valence-electron chi connectivity index (χ1n) is 5.12. The summed E-state index contributed by atoms with van der Waals surface area (Å²) in [6, 6.07) is 0. The molecule has 0 rings (SSSR count). The lowest BCUT2D eigenvalue weighted by Crippen LogP contribution is -2.23. The van der Waals surface area contributed by atoms with Crippen molar-refractivity contribution in [3.05, 3.63) is 12.3 Å². The quantitative estimate of drug-likeness (QED) is 0.569. The molecule has 13 heavy (non-hydrogen) atoms. The molecule has 0 heterocycles. The lowest BCUT2D eigenvalue weighted by molar-refractivity contribution is 0.333. The smallest absolute Gasteiger partial charge is 0.0174 e. The van der Waals surface area contributed by atoms with Crippen molar-refractivity contribution < 1.29 is 0 Å². The maximum atomic E-state index is 3.99. The molecule has 1 nitrogen and oxygen atoms in total. The largest absolute Gasteiger partial charge is 0.376 e. The van der Waals surface area contributed by atoms with Gasteiger partial charge in [0, 0.05) is 18.8 Å². The standard InChI is InChI=1S/C11H23N.H4Si/c1-5-7-9-12(11(3)4)10-8-6-2;/h3,5-10H2,1-2,4H3;1H4. The molecule has 0 unspecified atom stereocenters. The second-order valence-electron chi connectivity index (χ2n) is 3.43. The number of nitrogens with zero attached hydrogens (tertiary/aromatic N) is 1. The van der Waals surface area contributed by atoms with Gasteiger partial charge in [-0.2, -0.15) is 0 Å². The van der Waals surface area contributed by atoms with Gasteiger partial charge in [-0.25, -0.2) is 0 Å². The third-order valence-corrected chi connectivity index (χ3v) is 2.10. The highest BCUT2D eigenvalue weighted by atomic mass is 28.1. The summed E-state index contributed by atoms with van der Waals surface area (Å²) >= 11 is 0. The van der Waals surface area contributed by atoms with Gasteiger partial charge in [-0.15, -0.1) is 0 Å². The highest BCUT2D eigenvalue weighted by Gasteiger charge is 2.00. The summed E-state index contributed by atoms with van der Waals surface area (Å²) in [5.41, 5.74) is 1.22. The topological polar surface area (TPSA) is 3.24 Å². The molecule has 0 aliphatic carbocycles. The molecule has 0 saturated carbocycles. The first-order valence-corrected chi connectivity index (χ1v) is 5.12. The summed E-state index contributed by atoms with van der Waals surface area (Å²) in [5.74, 6) is 0. The Kier molecular flexibility index (Phi) is 11.5. The molecule has 0 fully saturated rings. The molecular weight excluding hydrogens is 174 g/mol.